The molecule has 0 saturated carbocycles. The molecule has 2 heterocycles. The largest absolute Gasteiger partial charge is 0.289 e. The fourth-order valence-electron chi connectivity index (χ4n) is 3.26. The third-order valence-electron chi connectivity index (χ3n) is 4.66. The molecule has 0 unspecified atom stereocenters. The van der Waals surface area contributed by atoms with Crippen molar-refractivity contribution in [3.63, 3.8) is 0 Å². The highest BCUT2D eigenvalue weighted by Gasteiger charge is 2.21. The maximum atomic E-state index is 12.5. The summed E-state index contributed by atoms with van der Waals surface area (Å²) in [6.07, 6.45) is 1.45. The molecular weight excluding hydrogens is 398 g/mol. The smallest absolute Gasteiger partial charge is 0.274 e. The molecule has 7 nitrogen and oxygen atoms in total. The lowest BCUT2D eigenvalue weighted by Gasteiger charge is -2.22. The molecule has 0 N–H and O–H groups in total. The molecule has 1 aromatic carbocycles. The van der Waals surface area contributed by atoms with Crippen LogP contribution in [0.5, 0.6) is 0 Å². The Hall–Kier alpha value is -3.57. The van der Waals surface area contributed by atoms with Gasteiger partial charge in [-0.2, -0.15) is 10.4 Å². The number of nitriles is 1. The van der Waals surface area contributed by atoms with Crippen LogP contribution in [0.15, 0.2) is 39.5 Å². The zero-order valence-electron chi connectivity index (χ0n) is 17.4. The van der Waals surface area contributed by atoms with Crippen LogP contribution >= 0.6 is 11.3 Å². The van der Waals surface area contributed by atoms with E-state index < -0.39 is 5.56 Å². The zero-order valence-corrected chi connectivity index (χ0v) is 18.2. The van der Waals surface area contributed by atoms with Crippen LogP contribution in [0.3, 0.4) is 0 Å². The van der Waals surface area contributed by atoms with Gasteiger partial charge in [-0.25, -0.2) is 9.66 Å². The Morgan fingerprint density at radius 1 is 1.23 bits per heavy atom. The predicted molar refractivity (Wildman–Crippen MR) is 119 cm³/mol. The molecule has 30 heavy (non-hydrogen) atoms. The number of pyridine rings is 1. The summed E-state index contributed by atoms with van der Waals surface area (Å²) in [6.45, 7) is 8.87. The van der Waals surface area contributed by atoms with E-state index in [1.807, 2.05) is 38.1 Å². The lowest BCUT2D eigenvalue weighted by molar-refractivity contribution is -0.115. The molecule has 0 atom stereocenters. The summed E-state index contributed by atoms with van der Waals surface area (Å²) in [7, 11) is 0. The first-order valence-corrected chi connectivity index (χ1v) is 10.1. The molecule has 0 spiro atoms. The number of carbonyl (C=O) groups is 1. The van der Waals surface area contributed by atoms with Crippen molar-refractivity contribution in [1.82, 2.24) is 9.66 Å². The van der Waals surface area contributed by atoms with E-state index in [0.29, 0.717) is 22.1 Å². The first-order valence-electron chi connectivity index (χ1n) is 9.24. The summed E-state index contributed by atoms with van der Waals surface area (Å²) >= 11 is 1.31. The Morgan fingerprint density at radius 2 is 1.90 bits per heavy atom. The van der Waals surface area contributed by atoms with Crippen LogP contribution in [-0.2, 0) is 4.79 Å². The number of para-hydroxylation sites is 1. The Kier molecular flexibility index (Phi) is 5.94. The molecule has 152 valence electrons. The van der Waals surface area contributed by atoms with Gasteiger partial charge in [-0.1, -0.05) is 18.2 Å². The number of thiazole rings is 1. The van der Waals surface area contributed by atoms with E-state index in [1.54, 1.807) is 30.2 Å². The topological polar surface area (TPSA) is 91.3 Å². The van der Waals surface area contributed by atoms with E-state index in [0.717, 1.165) is 16.8 Å². The third-order valence-corrected chi connectivity index (χ3v) is 5.50. The Bertz CT molecular complexity index is 1240. The highest BCUT2D eigenvalue weighted by atomic mass is 32.1. The van der Waals surface area contributed by atoms with Crippen molar-refractivity contribution < 1.29 is 4.79 Å². The van der Waals surface area contributed by atoms with Crippen molar-refractivity contribution in [2.45, 2.75) is 34.6 Å². The van der Waals surface area contributed by atoms with Crippen LogP contribution in [0, 0.1) is 39.0 Å². The Balaban J connectivity index is 2.00. The molecule has 8 heteroatoms. The molecule has 0 aliphatic rings. The van der Waals surface area contributed by atoms with Gasteiger partial charge in [0.15, 0.2) is 5.13 Å². The molecular formula is C22H21N5O2S. The van der Waals surface area contributed by atoms with Crippen molar-refractivity contribution in [1.29, 1.82) is 5.26 Å². The predicted octanol–water partition coefficient (Wildman–Crippen LogP) is 3.98. The summed E-state index contributed by atoms with van der Waals surface area (Å²) in [6, 6.07) is 9.51. The van der Waals surface area contributed by atoms with Crippen molar-refractivity contribution >= 4 is 34.3 Å². The number of carbonyl (C=O) groups excluding carboxylic acids is 1. The number of aromatic nitrogens is 2. The monoisotopic (exact) mass is 419 g/mol. The Labute approximate surface area is 178 Å². The van der Waals surface area contributed by atoms with Crippen molar-refractivity contribution in [3.8, 4) is 6.07 Å². The van der Waals surface area contributed by atoms with E-state index >= 15 is 0 Å². The second-order valence-corrected chi connectivity index (χ2v) is 7.80. The zero-order chi connectivity index (χ0) is 22.0. The molecule has 0 radical (unpaired) electrons. The van der Waals surface area contributed by atoms with E-state index in [1.165, 1.54) is 29.2 Å². The minimum atomic E-state index is -0.470. The highest BCUT2D eigenvalue weighted by Crippen LogP contribution is 2.33. The fraction of sp³-hybridized carbons (Fsp3) is 0.227. The quantitative estimate of drug-likeness (QED) is 0.598. The number of hydrogen-bond donors (Lipinski definition) is 0. The second-order valence-electron chi connectivity index (χ2n) is 6.97. The highest BCUT2D eigenvalue weighted by molar-refractivity contribution is 7.14. The van der Waals surface area contributed by atoms with Gasteiger partial charge in [-0.15, -0.1) is 11.3 Å². The van der Waals surface area contributed by atoms with Gasteiger partial charge in [0.25, 0.3) is 5.56 Å². The van der Waals surface area contributed by atoms with Crippen LogP contribution in [0.2, 0.25) is 0 Å². The lowest BCUT2D eigenvalue weighted by atomic mass is 10.1. The van der Waals surface area contributed by atoms with Gasteiger partial charge in [0.1, 0.15) is 11.6 Å². The second kappa shape index (κ2) is 8.43. The van der Waals surface area contributed by atoms with Gasteiger partial charge < -0.3 is 0 Å². The van der Waals surface area contributed by atoms with Gasteiger partial charge in [0.05, 0.1) is 17.6 Å². The minimum absolute atomic E-state index is 0.0644. The van der Waals surface area contributed by atoms with Gasteiger partial charge in [-0.3, -0.25) is 14.5 Å². The maximum Gasteiger partial charge on any atom is 0.289 e. The standard InChI is InChI=1S/C22H21N5O2S/c1-13-7-6-8-14(2)20(13)26(17(5)28)22-25-18(12-30-22)11-24-27-16(4)9-15(3)19(10-23)21(27)29/h6-9,11-12H,1-5H3/b24-11-. The molecule has 3 rings (SSSR count). The summed E-state index contributed by atoms with van der Waals surface area (Å²) in [5, 5.41) is 15.7. The number of amides is 1. The van der Waals surface area contributed by atoms with Crippen LogP contribution in [0.1, 0.15) is 40.6 Å². The summed E-state index contributed by atoms with van der Waals surface area (Å²) in [5.74, 6) is -0.144. The van der Waals surface area contributed by atoms with E-state index in [9.17, 15) is 14.9 Å². The van der Waals surface area contributed by atoms with Crippen molar-refractivity contribution in [2.24, 2.45) is 5.10 Å². The fourth-order valence-corrected chi connectivity index (χ4v) is 4.09. The number of benzene rings is 1. The first-order chi connectivity index (χ1) is 14.2. The number of aryl methyl sites for hydroxylation is 4. The van der Waals surface area contributed by atoms with Gasteiger partial charge in [-0.05, 0) is 50.5 Å². The average Bonchev–Trinajstić information content (AvgIpc) is 3.12. The van der Waals surface area contributed by atoms with Crippen LogP contribution in [0.4, 0.5) is 10.8 Å². The van der Waals surface area contributed by atoms with Gasteiger partial charge >= 0.3 is 0 Å². The SMILES string of the molecule is CC(=O)N(c1nc(/C=N\n2c(C)cc(C)c(C#N)c2=O)cs1)c1c(C)cccc1C. The Morgan fingerprint density at radius 3 is 2.50 bits per heavy atom. The molecule has 0 aliphatic heterocycles. The van der Waals surface area contributed by atoms with E-state index in [2.05, 4.69) is 10.1 Å². The summed E-state index contributed by atoms with van der Waals surface area (Å²) in [5.41, 5.74) is 4.10. The van der Waals surface area contributed by atoms with Crippen molar-refractivity contribution in [2.75, 3.05) is 4.90 Å². The number of hydrogen-bond acceptors (Lipinski definition) is 6. The van der Waals surface area contributed by atoms with Gasteiger partial charge in [0.2, 0.25) is 5.91 Å². The molecule has 0 fully saturated rings. The van der Waals surface area contributed by atoms with Crippen LogP contribution < -0.4 is 10.5 Å². The summed E-state index contributed by atoms with van der Waals surface area (Å²) < 4.78 is 1.18. The normalized spacial score (nSPS) is 10.9. The first kappa shape index (κ1) is 21.1. The molecule has 0 saturated heterocycles. The number of nitrogens with zero attached hydrogens (tertiary/aromatic N) is 5. The van der Waals surface area contributed by atoms with Gasteiger partial charge in [0, 0.05) is 18.0 Å². The lowest BCUT2D eigenvalue weighted by Crippen LogP contribution is -2.24. The number of anilines is 2. The molecule has 3 aromatic rings. The third kappa shape index (κ3) is 3.93. The van der Waals surface area contributed by atoms with E-state index in [4.69, 9.17) is 0 Å². The van der Waals surface area contributed by atoms with Crippen molar-refractivity contribution in [3.05, 3.63) is 73.6 Å². The average molecular weight is 420 g/mol. The molecule has 0 aliphatic carbocycles. The number of rotatable bonds is 4. The maximum absolute atomic E-state index is 12.5. The van der Waals surface area contributed by atoms with Crippen LogP contribution in [-0.4, -0.2) is 21.8 Å². The molecule has 1 amide bonds. The molecule has 2 aromatic heterocycles. The minimum Gasteiger partial charge on any atom is -0.274 e. The van der Waals surface area contributed by atoms with Crippen LogP contribution in [0.25, 0.3) is 0 Å². The summed E-state index contributed by atoms with van der Waals surface area (Å²) in [4.78, 5) is 31.0. The van der Waals surface area contributed by atoms with E-state index in [-0.39, 0.29) is 11.5 Å². The molecule has 0 bridgehead atoms.